The third kappa shape index (κ3) is 2.70. The number of fused-ring (bicyclic) bond motifs is 1. The maximum atomic E-state index is 12.1. The van der Waals surface area contributed by atoms with Crippen LogP contribution in [0.25, 0.3) is 11.2 Å². The number of hydrogen-bond acceptors (Lipinski definition) is 4. The van der Waals surface area contributed by atoms with Crippen LogP contribution in [0.3, 0.4) is 0 Å². The van der Waals surface area contributed by atoms with Crippen LogP contribution >= 0.6 is 15.9 Å². The van der Waals surface area contributed by atoms with E-state index in [0.29, 0.717) is 30.2 Å². The molecule has 2 heterocycles. The topological polar surface area (TPSA) is 77.0 Å². The van der Waals surface area contributed by atoms with E-state index < -0.39 is 0 Å². The molecular formula is C12H16BrN5O. The van der Waals surface area contributed by atoms with Crippen molar-refractivity contribution in [3.05, 3.63) is 16.7 Å². The fourth-order valence-electron chi connectivity index (χ4n) is 1.97. The fourth-order valence-corrected chi connectivity index (χ4v) is 2.29. The second-order valence-corrected chi connectivity index (χ2v) is 5.03. The van der Waals surface area contributed by atoms with Crippen LogP contribution in [0, 0.1) is 0 Å². The summed E-state index contributed by atoms with van der Waals surface area (Å²) >= 11 is 3.33. The van der Waals surface area contributed by atoms with Crippen LogP contribution in [0.5, 0.6) is 0 Å². The van der Waals surface area contributed by atoms with Gasteiger partial charge in [0.1, 0.15) is 12.1 Å². The number of rotatable bonds is 4. The molecule has 0 spiro atoms. The number of hydrogen-bond donors (Lipinski definition) is 1. The summed E-state index contributed by atoms with van der Waals surface area (Å²) in [6, 6.07) is 1.83. The molecule has 0 bridgehead atoms. The van der Waals surface area contributed by atoms with Crippen molar-refractivity contribution < 1.29 is 4.79 Å². The van der Waals surface area contributed by atoms with Gasteiger partial charge >= 0.3 is 0 Å². The molecule has 6 nitrogen and oxygen atoms in total. The van der Waals surface area contributed by atoms with E-state index in [1.54, 1.807) is 15.7 Å². The molecule has 102 valence electrons. The van der Waals surface area contributed by atoms with Gasteiger partial charge in [0.2, 0.25) is 11.9 Å². The number of pyridine rings is 1. The van der Waals surface area contributed by atoms with E-state index in [4.69, 9.17) is 5.73 Å². The van der Waals surface area contributed by atoms with Gasteiger partial charge in [-0.05, 0) is 35.8 Å². The van der Waals surface area contributed by atoms with Crippen molar-refractivity contribution in [3.8, 4) is 0 Å². The molecule has 0 saturated carbocycles. The molecule has 0 aliphatic heterocycles. The van der Waals surface area contributed by atoms with Crippen molar-refractivity contribution in [2.24, 2.45) is 0 Å². The fraction of sp³-hybridized carbons (Fsp3) is 0.417. The SMILES string of the molecule is CCN(CC)C(=O)Cn1c(N)nc2cc(Br)cnc21. The van der Waals surface area contributed by atoms with Gasteiger partial charge < -0.3 is 10.6 Å². The van der Waals surface area contributed by atoms with Gasteiger partial charge in [-0.25, -0.2) is 9.97 Å². The van der Waals surface area contributed by atoms with Gasteiger partial charge in [-0.15, -0.1) is 0 Å². The lowest BCUT2D eigenvalue weighted by Gasteiger charge is -2.19. The van der Waals surface area contributed by atoms with Crippen molar-refractivity contribution in [1.82, 2.24) is 19.4 Å². The van der Waals surface area contributed by atoms with Gasteiger partial charge in [-0.1, -0.05) is 0 Å². The summed E-state index contributed by atoms with van der Waals surface area (Å²) in [7, 11) is 0. The highest BCUT2D eigenvalue weighted by Crippen LogP contribution is 2.19. The Morgan fingerprint density at radius 2 is 2.16 bits per heavy atom. The molecule has 0 saturated heterocycles. The van der Waals surface area contributed by atoms with Gasteiger partial charge in [0.05, 0.1) is 0 Å². The van der Waals surface area contributed by atoms with E-state index in [1.807, 2.05) is 19.9 Å². The number of amides is 1. The first-order valence-corrected chi connectivity index (χ1v) is 6.91. The quantitative estimate of drug-likeness (QED) is 0.927. The van der Waals surface area contributed by atoms with Crippen molar-refractivity contribution in [1.29, 1.82) is 0 Å². The van der Waals surface area contributed by atoms with Gasteiger partial charge in [0.25, 0.3) is 0 Å². The van der Waals surface area contributed by atoms with E-state index in [9.17, 15) is 4.79 Å². The first-order chi connectivity index (χ1) is 9.06. The molecule has 1 amide bonds. The van der Waals surface area contributed by atoms with Crippen molar-refractivity contribution in [3.63, 3.8) is 0 Å². The summed E-state index contributed by atoms with van der Waals surface area (Å²) in [4.78, 5) is 22.4. The molecule has 7 heteroatoms. The summed E-state index contributed by atoms with van der Waals surface area (Å²) in [6.07, 6.45) is 1.67. The van der Waals surface area contributed by atoms with E-state index >= 15 is 0 Å². The molecule has 0 unspecified atom stereocenters. The number of nitrogens with zero attached hydrogens (tertiary/aromatic N) is 4. The van der Waals surface area contributed by atoms with Gasteiger partial charge in [0, 0.05) is 23.8 Å². The number of carbonyl (C=O) groups excluding carboxylic acids is 1. The highest BCUT2D eigenvalue weighted by atomic mass is 79.9. The highest BCUT2D eigenvalue weighted by Gasteiger charge is 2.16. The minimum Gasteiger partial charge on any atom is -0.369 e. The van der Waals surface area contributed by atoms with Crippen molar-refractivity contribution in [2.45, 2.75) is 20.4 Å². The summed E-state index contributed by atoms with van der Waals surface area (Å²) in [5.74, 6) is 0.321. The van der Waals surface area contributed by atoms with Crippen LogP contribution < -0.4 is 5.73 Å². The zero-order valence-electron chi connectivity index (χ0n) is 10.9. The molecule has 2 N–H and O–H groups in total. The molecule has 0 fully saturated rings. The first kappa shape index (κ1) is 13.8. The number of anilines is 1. The zero-order chi connectivity index (χ0) is 14.0. The monoisotopic (exact) mass is 325 g/mol. The Kier molecular flexibility index (Phi) is 4.04. The largest absolute Gasteiger partial charge is 0.369 e. The average molecular weight is 326 g/mol. The third-order valence-electron chi connectivity index (χ3n) is 2.99. The number of aromatic nitrogens is 3. The van der Waals surface area contributed by atoms with Crippen LogP contribution in [0.2, 0.25) is 0 Å². The lowest BCUT2D eigenvalue weighted by atomic mass is 10.4. The number of likely N-dealkylation sites (N-methyl/N-ethyl adjacent to an activating group) is 1. The molecule has 19 heavy (non-hydrogen) atoms. The van der Waals surface area contributed by atoms with Crippen LogP contribution in [-0.4, -0.2) is 38.4 Å². The maximum Gasteiger partial charge on any atom is 0.242 e. The van der Waals surface area contributed by atoms with Crippen LogP contribution in [-0.2, 0) is 11.3 Å². The normalized spacial score (nSPS) is 10.9. The summed E-state index contributed by atoms with van der Waals surface area (Å²) in [5.41, 5.74) is 7.17. The van der Waals surface area contributed by atoms with E-state index in [1.165, 1.54) is 0 Å². The van der Waals surface area contributed by atoms with Crippen molar-refractivity contribution >= 4 is 38.9 Å². The summed E-state index contributed by atoms with van der Waals surface area (Å²) in [6.45, 7) is 5.43. The number of halogens is 1. The molecule has 0 aliphatic carbocycles. The van der Waals surface area contributed by atoms with Crippen molar-refractivity contribution in [2.75, 3.05) is 18.8 Å². The van der Waals surface area contributed by atoms with Gasteiger partial charge in [-0.3, -0.25) is 9.36 Å². The zero-order valence-corrected chi connectivity index (χ0v) is 12.5. The number of carbonyl (C=O) groups is 1. The highest BCUT2D eigenvalue weighted by molar-refractivity contribution is 9.10. The molecule has 2 aromatic heterocycles. The first-order valence-electron chi connectivity index (χ1n) is 6.11. The summed E-state index contributed by atoms with van der Waals surface area (Å²) < 4.78 is 2.47. The molecular weight excluding hydrogens is 310 g/mol. The lowest BCUT2D eigenvalue weighted by molar-refractivity contribution is -0.131. The Labute approximate surface area is 119 Å². The van der Waals surface area contributed by atoms with E-state index in [-0.39, 0.29) is 12.5 Å². The molecule has 0 atom stereocenters. The van der Waals surface area contributed by atoms with Crippen LogP contribution in [0.1, 0.15) is 13.8 Å². The Morgan fingerprint density at radius 3 is 2.79 bits per heavy atom. The molecule has 0 radical (unpaired) electrons. The standard InChI is InChI=1S/C12H16BrN5O/c1-3-17(4-2)10(19)7-18-11-9(16-12(18)14)5-8(13)6-15-11/h5-6H,3-4,7H2,1-2H3,(H2,14,16). The predicted molar refractivity (Wildman–Crippen MR) is 77.6 cm³/mol. The second kappa shape index (κ2) is 5.56. The Hall–Kier alpha value is -1.63. The Bertz CT molecular complexity index is 605. The third-order valence-corrected chi connectivity index (χ3v) is 3.42. The second-order valence-electron chi connectivity index (χ2n) is 4.12. The Morgan fingerprint density at radius 1 is 1.47 bits per heavy atom. The van der Waals surface area contributed by atoms with Gasteiger partial charge in [0.15, 0.2) is 5.65 Å². The van der Waals surface area contributed by atoms with E-state index in [0.717, 1.165) is 4.47 Å². The van der Waals surface area contributed by atoms with Crippen LogP contribution in [0.4, 0.5) is 5.95 Å². The smallest absolute Gasteiger partial charge is 0.242 e. The predicted octanol–water partition coefficient (Wildman–Crippen LogP) is 1.64. The van der Waals surface area contributed by atoms with Crippen LogP contribution in [0.15, 0.2) is 16.7 Å². The Balaban J connectivity index is 2.35. The molecule has 0 aliphatic rings. The minimum absolute atomic E-state index is 0.0146. The average Bonchev–Trinajstić information content (AvgIpc) is 2.66. The number of nitrogen functional groups attached to an aromatic ring is 1. The lowest BCUT2D eigenvalue weighted by Crippen LogP contribution is -2.33. The maximum absolute atomic E-state index is 12.1. The number of nitrogens with two attached hydrogens (primary N) is 1. The van der Waals surface area contributed by atoms with Gasteiger partial charge in [-0.2, -0.15) is 0 Å². The molecule has 2 aromatic rings. The summed E-state index contributed by atoms with van der Waals surface area (Å²) in [5, 5.41) is 0. The minimum atomic E-state index is 0.0146. The van der Waals surface area contributed by atoms with E-state index in [2.05, 4.69) is 25.9 Å². The molecule has 2 rings (SSSR count). The molecule has 0 aromatic carbocycles. The number of imidazole rings is 1.